The fraction of sp³-hybridized carbons (Fsp3) is 0. The van der Waals surface area contributed by atoms with Crippen LogP contribution >= 0.6 is 0 Å². The zero-order valence-electron chi connectivity index (χ0n) is 8.83. The number of hydrogen-bond acceptors (Lipinski definition) is 3. The van der Waals surface area contributed by atoms with E-state index < -0.39 is 5.97 Å². The Bertz CT molecular complexity index is 578. The number of carbonyl (C=O) groups excluding carboxylic acids is 1. The summed E-state index contributed by atoms with van der Waals surface area (Å²) in [5, 5.41) is 9.04. The zero-order chi connectivity index (χ0) is 12.3. The molecule has 1 heterocycles. The van der Waals surface area contributed by atoms with Crippen molar-refractivity contribution >= 4 is 12.3 Å². The number of benzene rings is 1. The molecular formula is C13H9NO3. The molecule has 0 bridgehead atoms. The van der Waals surface area contributed by atoms with E-state index in [2.05, 4.69) is 4.98 Å². The quantitative estimate of drug-likeness (QED) is 0.816. The number of rotatable bonds is 3. The molecule has 1 aromatic carbocycles. The highest BCUT2D eigenvalue weighted by molar-refractivity contribution is 5.95. The summed E-state index contributed by atoms with van der Waals surface area (Å²) in [6.45, 7) is 0. The van der Waals surface area contributed by atoms with Crippen molar-refractivity contribution in [2.75, 3.05) is 0 Å². The van der Waals surface area contributed by atoms with Crippen LogP contribution in [0.5, 0.6) is 0 Å². The molecule has 2 rings (SSSR count). The molecule has 0 amide bonds. The van der Waals surface area contributed by atoms with Crippen molar-refractivity contribution in [3.8, 4) is 11.3 Å². The van der Waals surface area contributed by atoms with Gasteiger partial charge < -0.3 is 5.11 Å². The van der Waals surface area contributed by atoms with Crippen molar-refractivity contribution in [2.45, 2.75) is 0 Å². The Hall–Kier alpha value is -2.49. The van der Waals surface area contributed by atoms with Crippen molar-refractivity contribution in [1.29, 1.82) is 0 Å². The first-order valence-corrected chi connectivity index (χ1v) is 4.96. The number of nitrogens with zero attached hydrogens (tertiary/aromatic N) is 1. The molecular weight excluding hydrogens is 218 g/mol. The minimum Gasteiger partial charge on any atom is -0.478 e. The Morgan fingerprint density at radius 2 is 2.06 bits per heavy atom. The van der Waals surface area contributed by atoms with E-state index in [0.717, 1.165) is 0 Å². The number of carbonyl (C=O) groups is 2. The minimum atomic E-state index is -1.04. The molecule has 84 valence electrons. The normalized spacial score (nSPS) is 9.88. The number of aromatic carboxylic acids is 1. The SMILES string of the molecule is O=Cc1cccc(-c2ncccc2C(=O)O)c1. The molecule has 1 aromatic heterocycles. The largest absolute Gasteiger partial charge is 0.478 e. The maximum atomic E-state index is 11.0. The summed E-state index contributed by atoms with van der Waals surface area (Å²) in [6.07, 6.45) is 2.24. The molecule has 4 nitrogen and oxygen atoms in total. The highest BCUT2D eigenvalue weighted by Crippen LogP contribution is 2.21. The first-order chi connectivity index (χ1) is 8.22. The van der Waals surface area contributed by atoms with Crippen LogP contribution in [0, 0.1) is 0 Å². The van der Waals surface area contributed by atoms with Crippen LogP contribution in [0.3, 0.4) is 0 Å². The highest BCUT2D eigenvalue weighted by atomic mass is 16.4. The van der Waals surface area contributed by atoms with Crippen LogP contribution in [-0.4, -0.2) is 22.3 Å². The summed E-state index contributed by atoms with van der Waals surface area (Å²) in [6, 6.07) is 9.73. The highest BCUT2D eigenvalue weighted by Gasteiger charge is 2.12. The second-order valence-electron chi connectivity index (χ2n) is 3.45. The molecule has 17 heavy (non-hydrogen) atoms. The lowest BCUT2D eigenvalue weighted by atomic mass is 10.0. The standard InChI is InChI=1S/C13H9NO3/c15-8-9-3-1-4-10(7-9)12-11(13(16)17)5-2-6-14-12/h1-8H,(H,16,17). The molecule has 4 heteroatoms. The van der Waals surface area contributed by atoms with Crippen LogP contribution in [-0.2, 0) is 0 Å². The zero-order valence-corrected chi connectivity index (χ0v) is 8.83. The molecule has 0 saturated heterocycles. The first-order valence-electron chi connectivity index (χ1n) is 4.96. The molecule has 0 aliphatic rings. The van der Waals surface area contributed by atoms with Crippen LogP contribution in [0.25, 0.3) is 11.3 Å². The van der Waals surface area contributed by atoms with E-state index in [0.29, 0.717) is 23.1 Å². The average Bonchev–Trinajstić information content (AvgIpc) is 2.39. The lowest BCUT2D eigenvalue weighted by Gasteiger charge is -2.05. The second-order valence-corrected chi connectivity index (χ2v) is 3.45. The van der Waals surface area contributed by atoms with Crippen molar-refractivity contribution in [3.05, 3.63) is 53.7 Å². The predicted molar refractivity (Wildman–Crippen MR) is 62.0 cm³/mol. The molecule has 0 radical (unpaired) electrons. The predicted octanol–water partition coefficient (Wildman–Crippen LogP) is 2.26. The number of carboxylic acid groups (broad SMARTS) is 1. The number of aromatic nitrogens is 1. The second kappa shape index (κ2) is 4.57. The van der Waals surface area contributed by atoms with Gasteiger partial charge in [0.05, 0.1) is 11.3 Å². The third-order valence-corrected chi connectivity index (χ3v) is 2.33. The van der Waals surface area contributed by atoms with Gasteiger partial charge >= 0.3 is 5.97 Å². The smallest absolute Gasteiger partial charge is 0.337 e. The van der Waals surface area contributed by atoms with Crippen LogP contribution in [0.4, 0.5) is 0 Å². The fourth-order valence-corrected chi connectivity index (χ4v) is 1.57. The van der Waals surface area contributed by atoms with Gasteiger partial charge in [-0.1, -0.05) is 18.2 Å². The van der Waals surface area contributed by atoms with Gasteiger partial charge in [0.1, 0.15) is 6.29 Å². The molecule has 0 spiro atoms. The van der Waals surface area contributed by atoms with Gasteiger partial charge in [0.15, 0.2) is 0 Å². The van der Waals surface area contributed by atoms with Gasteiger partial charge in [0.25, 0.3) is 0 Å². The van der Waals surface area contributed by atoms with Crippen LogP contribution < -0.4 is 0 Å². The Balaban J connectivity index is 2.59. The van der Waals surface area contributed by atoms with Gasteiger partial charge in [-0.3, -0.25) is 9.78 Å². The van der Waals surface area contributed by atoms with Crippen molar-refractivity contribution < 1.29 is 14.7 Å². The summed E-state index contributed by atoms with van der Waals surface area (Å²) in [4.78, 5) is 25.8. The molecule has 0 saturated carbocycles. The van der Waals surface area contributed by atoms with Crippen molar-refractivity contribution in [3.63, 3.8) is 0 Å². The van der Waals surface area contributed by atoms with E-state index in [1.54, 1.807) is 30.3 Å². The third-order valence-electron chi connectivity index (χ3n) is 2.33. The lowest BCUT2D eigenvalue weighted by molar-refractivity contribution is 0.0697. The van der Waals surface area contributed by atoms with Gasteiger partial charge in [-0.2, -0.15) is 0 Å². The number of pyridine rings is 1. The lowest BCUT2D eigenvalue weighted by Crippen LogP contribution is -2.01. The van der Waals surface area contributed by atoms with Gasteiger partial charge in [-0.25, -0.2) is 4.79 Å². The molecule has 0 atom stereocenters. The summed E-state index contributed by atoms with van der Waals surface area (Å²) in [5.41, 5.74) is 1.59. The summed E-state index contributed by atoms with van der Waals surface area (Å²) >= 11 is 0. The summed E-state index contributed by atoms with van der Waals surface area (Å²) in [7, 11) is 0. The number of carboxylic acids is 1. The van der Waals surface area contributed by atoms with Gasteiger partial charge in [-0.15, -0.1) is 0 Å². The maximum absolute atomic E-state index is 11.0. The number of hydrogen-bond donors (Lipinski definition) is 1. The van der Waals surface area contributed by atoms with E-state index in [1.807, 2.05) is 0 Å². The third kappa shape index (κ3) is 2.20. The molecule has 0 aliphatic carbocycles. The van der Waals surface area contributed by atoms with Gasteiger partial charge in [-0.05, 0) is 18.2 Å². The van der Waals surface area contributed by atoms with E-state index in [-0.39, 0.29) is 5.56 Å². The van der Waals surface area contributed by atoms with E-state index in [4.69, 9.17) is 5.11 Å². The monoisotopic (exact) mass is 227 g/mol. The van der Waals surface area contributed by atoms with Gasteiger partial charge in [0, 0.05) is 17.3 Å². The van der Waals surface area contributed by atoms with E-state index >= 15 is 0 Å². The molecule has 0 fully saturated rings. The molecule has 0 aliphatic heterocycles. The summed E-state index contributed by atoms with van der Waals surface area (Å²) in [5.74, 6) is -1.04. The summed E-state index contributed by atoms with van der Waals surface area (Å²) < 4.78 is 0. The minimum absolute atomic E-state index is 0.121. The van der Waals surface area contributed by atoms with Crippen LogP contribution in [0.1, 0.15) is 20.7 Å². The topological polar surface area (TPSA) is 67.3 Å². The Kier molecular flexibility index (Phi) is 2.96. The van der Waals surface area contributed by atoms with Crippen molar-refractivity contribution in [2.24, 2.45) is 0 Å². The number of aldehydes is 1. The van der Waals surface area contributed by atoms with Crippen LogP contribution in [0.15, 0.2) is 42.6 Å². The molecule has 0 unspecified atom stereocenters. The van der Waals surface area contributed by atoms with Crippen LogP contribution in [0.2, 0.25) is 0 Å². The molecule has 1 N–H and O–H groups in total. The Morgan fingerprint density at radius 3 is 2.76 bits per heavy atom. The Morgan fingerprint density at radius 1 is 1.24 bits per heavy atom. The van der Waals surface area contributed by atoms with E-state index in [9.17, 15) is 9.59 Å². The molecule has 2 aromatic rings. The van der Waals surface area contributed by atoms with Crippen molar-refractivity contribution in [1.82, 2.24) is 4.98 Å². The average molecular weight is 227 g/mol. The first kappa shape index (κ1) is 11.0. The Labute approximate surface area is 97.6 Å². The van der Waals surface area contributed by atoms with Gasteiger partial charge in [0.2, 0.25) is 0 Å². The maximum Gasteiger partial charge on any atom is 0.337 e. The fourth-order valence-electron chi connectivity index (χ4n) is 1.57. The van der Waals surface area contributed by atoms with E-state index in [1.165, 1.54) is 12.3 Å².